The minimum Gasteiger partial charge on any atom is -0.456 e. The fraction of sp³-hybridized carbons (Fsp3) is 0.0408. The van der Waals surface area contributed by atoms with Crippen LogP contribution in [0.1, 0.15) is 24.2 Å². The Morgan fingerprint density at radius 1 is 0.453 bits per heavy atom. The SMILES string of the molecule is C1=C(c2cccc3oc4cc(-n5c6ccccc6c6cc(-c7ccccc7)ccc65)ccc4c23)CCC(c2nc3ccccc3n2-c2ccccc2)=C1. The second kappa shape index (κ2) is 11.8. The molecule has 3 aromatic heterocycles. The predicted molar refractivity (Wildman–Crippen MR) is 220 cm³/mol. The van der Waals surface area contributed by atoms with E-state index in [0.717, 1.165) is 57.6 Å². The number of benzene rings is 7. The van der Waals surface area contributed by atoms with Gasteiger partial charge >= 0.3 is 0 Å². The van der Waals surface area contributed by atoms with Gasteiger partial charge < -0.3 is 8.98 Å². The van der Waals surface area contributed by atoms with E-state index < -0.39 is 0 Å². The highest BCUT2D eigenvalue weighted by atomic mass is 16.3. The van der Waals surface area contributed by atoms with Gasteiger partial charge in [0.2, 0.25) is 0 Å². The highest BCUT2D eigenvalue weighted by Crippen LogP contribution is 2.41. The third-order valence-corrected chi connectivity index (χ3v) is 10.9. The molecule has 0 saturated heterocycles. The molecule has 10 aromatic rings. The summed E-state index contributed by atoms with van der Waals surface area (Å²) in [6.07, 6.45) is 6.37. The van der Waals surface area contributed by atoms with Crippen LogP contribution < -0.4 is 0 Å². The number of allylic oxidation sites excluding steroid dienone is 4. The van der Waals surface area contributed by atoms with Gasteiger partial charge in [-0.3, -0.25) is 4.57 Å². The van der Waals surface area contributed by atoms with E-state index in [1.807, 2.05) is 0 Å². The average molecular weight is 680 g/mol. The lowest BCUT2D eigenvalue weighted by Crippen LogP contribution is -2.03. The number of imidazole rings is 1. The van der Waals surface area contributed by atoms with E-state index in [-0.39, 0.29) is 0 Å². The van der Waals surface area contributed by atoms with Crippen LogP contribution >= 0.6 is 0 Å². The first-order valence-corrected chi connectivity index (χ1v) is 18.3. The van der Waals surface area contributed by atoms with Crippen molar-refractivity contribution in [3.63, 3.8) is 0 Å². The molecular weight excluding hydrogens is 647 g/mol. The van der Waals surface area contributed by atoms with E-state index in [1.165, 1.54) is 55.0 Å². The summed E-state index contributed by atoms with van der Waals surface area (Å²) in [5.74, 6) is 1.01. The highest BCUT2D eigenvalue weighted by Gasteiger charge is 2.21. The van der Waals surface area contributed by atoms with E-state index in [9.17, 15) is 0 Å². The summed E-state index contributed by atoms with van der Waals surface area (Å²) >= 11 is 0. The lowest BCUT2D eigenvalue weighted by molar-refractivity contribution is 0.668. The van der Waals surface area contributed by atoms with Gasteiger partial charge in [0.25, 0.3) is 0 Å². The van der Waals surface area contributed by atoms with Crippen LogP contribution in [0.25, 0.3) is 88.4 Å². The van der Waals surface area contributed by atoms with Gasteiger partial charge in [-0.05, 0) is 101 Å². The van der Waals surface area contributed by atoms with Crippen molar-refractivity contribution in [1.29, 1.82) is 0 Å². The number of para-hydroxylation sites is 4. The molecule has 1 aliphatic carbocycles. The first kappa shape index (κ1) is 29.8. The molecular formula is C49H33N3O. The molecule has 0 amide bonds. The molecule has 0 radical (unpaired) electrons. The first-order chi connectivity index (χ1) is 26.3. The molecule has 0 saturated carbocycles. The van der Waals surface area contributed by atoms with E-state index in [1.54, 1.807) is 0 Å². The Balaban J connectivity index is 1.01. The molecule has 0 N–H and O–H groups in total. The molecule has 11 rings (SSSR count). The quantitative estimate of drug-likeness (QED) is 0.181. The molecule has 4 heteroatoms. The van der Waals surface area contributed by atoms with Gasteiger partial charge in [0.1, 0.15) is 17.0 Å². The van der Waals surface area contributed by atoms with Crippen molar-refractivity contribution >= 4 is 65.9 Å². The molecule has 4 nitrogen and oxygen atoms in total. The third kappa shape index (κ3) is 4.73. The summed E-state index contributed by atoms with van der Waals surface area (Å²) in [5, 5.41) is 4.78. The molecule has 7 aromatic carbocycles. The van der Waals surface area contributed by atoms with E-state index in [0.29, 0.717) is 0 Å². The van der Waals surface area contributed by atoms with Crippen molar-refractivity contribution in [2.45, 2.75) is 12.8 Å². The van der Waals surface area contributed by atoms with Gasteiger partial charge in [-0.15, -0.1) is 0 Å². The normalized spacial score (nSPS) is 13.4. The molecule has 1 aliphatic rings. The standard InChI is InChI=1S/C49H33N3O/c1-3-12-32(13-4-1)35-26-29-44-41(30-35)39-16-7-9-19-43(39)51(44)37-27-28-40-47(31-37)53-46-21-11-17-38(48(40)46)33-22-24-34(25-23-33)49-50-42-18-8-10-20-45(42)52(49)36-14-5-2-6-15-36/h1-22,24,26-31H,23,25H2. The smallest absolute Gasteiger partial charge is 0.141 e. The fourth-order valence-electron chi connectivity index (χ4n) is 8.41. The second-order valence-electron chi connectivity index (χ2n) is 13.9. The number of nitrogens with zero attached hydrogens (tertiary/aromatic N) is 3. The number of hydrogen-bond acceptors (Lipinski definition) is 2. The number of hydrogen-bond donors (Lipinski definition) is 0. The molecule has 0 spiro atoms. The van der Waals surface area contributed by atoms with Crippen molar-refractivity contribution in [2.24, 2.45) is 0 Å². The molecule has 0 aliphatic heterocycles. The van der Waals surface area contributed by atoms with Gasteiger partial charge in [0.05, 0.1) is 22.1 Å². The largest absolute Gasteiger partial charge is 0.456 e. The zero-order valence-electron chi connectivity index (χ0n) is 28.9. The van der Waals surface area contributed by atoms with Crippen LogP contribution in [0.3, 0.4) is 0 Å². The Kier molecular flexibility index (Phi) is 6.65. The predicted octanol–water partition coefficient (Wildman–Crippen LogP) is 12.9. The molecule has 0 unspecified atom stereocenters. The Labute approximate surface area is 306 Å². The van der Waals surface area contributed by atoms with Gasteiger partial charge in [0.15, 0.2) is 0 Å². The minimum absolute atomic E-state index is 0.890. The van der Waals surface area contributed by atoms with Crippen LogP contribution in [0.4, 0.5) is 0 Å². The lowest BCUT2D eigenvalue weighted by Gasteiger charge is -2.17. The van der Waals surface area contributed by atoms with Crippen LogP contribution in [0.5, 0.6) is 0 Å². The summed E-state index contributed by atoms with van der Waals surface area (Å²) in [7, 11) is 0. The zero-order valence-corrected chi connectivity index (χ0v) is 28.9. The number of furan rings is 1. The van der Waals surface area contributed by atoms with E-state index in [2.05, 4.69) is 185 Å². The Bertz CT molecular complexity index is 3100. The van der Waals surface area contributed by atoms with Crippen molar-refractivity contribution in [2.75, 3.05) is 0 Å². The van der Waals surface area contributed by atoms with E-state index in [4.69, 9.17) is 9.40 Å². The van der Waals surface area contributed by atoms with Crippen LogP contribution in [-0.4, -0.2) is 14.1 Å². The van der Waals surface area contributed by atoms with Crippen molar-refractivity contribution in [3.05, 3.63) is 187 Å². The molecule has 0 bridgehead atoms. The number of aromatic nitrogens is 3. The molecule has 53 heavy (non-hydrogen) atoms. The van der Waals surface area contributed by atoms with Gasteiger partial charge in [0, 0.05) is 39.0 Å². The maximum absolute atomic E-state index is 6.64. The summed E-state index contributed by atoms with van der Waals surface area (Å²) in [5.41, 5.74) is 14.7. The second-order valence-corrected chi connectivity index (χ2v) is 13.9. The number of fused-ring (bicyclic) bond motifs is 7. The summed E-state index contributed by atoms with van der Waals surface area (Å²) in [6, 6.07) is 58.2. The Hall–Kier alpha value is -6.91. The van der Waals surface area contributed by atoms with Crippen LogP contribution in [0.15, 0.2) is 180 Å². The van der Waals surface area contributed by atoms with Gasteiger partial charge in [-0.25, -0.2) is 4.98 Å². The summed E-state index contributed by atoms with van der Waals surface area (Å²) < 4.78 is 11.3. The number of rotatable bonds is 5. The van der Waals surface area contributed by atoms with Gasteiger partial charge in [-0.1, -0.05) is 109 Å². The summed E-state index contributed by atoms with van der Waals surface area (Å²) in [6.45, 7) is 0. The molecule has 3 heterocycles. The maximum Gasteiger partial charge on any atom is 0.141 e. The first-order valence-electron chi connectivity index (χ1n) is 18.3. The molecule has 250 valence electrons. The van der Waals surface area contributed by atoms with Crippen molar-refractivity contribution in [1.82, 2.24) is 14.1 Å². The Morgan fingerprint density at radius 3 is 2.04 bits per heavy atom. The van der Waals surface area contributed by atoms with Gasteiger partial charge in [-0.2, -0.15) is 0 Å². The van der Waals surface area contributed by atoms with Crippen molar-refractivity contribution in [3.8, 4) is 22.5 Å². The van der Waals surface area contributed by atoms with Crippen LogP contribution in [0.2, 0.25) is 0 Å². The van der Waals surface area contributed by atoms with Crippen LogP contribution in [0, 0.1) is 0 Å². The molecule has 0 atom stereocenters. The third-order valence-electron chi connectivity index (χ3n) is 10.9. The highest BCUT2D eigenvalue weighted by molar-refractivity contribution is 6.13. The summed E-state index contributed by atoms with van der Waals surface area (Å²) in [4.78, 5) is 5.13. The zero-order chi connectivity index (χ0) is 34.9. The monoisotopic (exact) mass is 679 g/mol. The minimum atomic E-state index is 0.890. The fourth-order valence-corrected chi connectivity index (χ4v) is 8.41. The maximum atomic E-state index is 6.64. The van der Waals surface area contributed by atoms with Crippen LogP contribution in [-0.2, 0) is 0 Å². The molecule has 0 fully saturated rings. The van der Waals surface area contributed by atoms with Crippen molar-refractivity contribution < 1.29 is 4.42 Å². The lowest BCUT2D eigenvalue weighted by atomic mass is 9.90. The van der Waals surface area contributed by atoms with E-state index >= 15 is 0 Å². The average Bonchev–Trinajstić information content (AvgIpc) is 3.91. The Morgan fingerprint density at radius 2 is 1.19 bits per heavy atom. The topological polar surface area (TPSA) is 35.9 Å².